The first kappa shape index (κ1) is 25.1. The molecule has 0 bridgehead atoms. The number of likely N-dealkylation sites (N-methyl/N-ethyl adjacent to an activating group) is 1. The molecule has 6 unspecified atom stereocenters. The van der Waals surface area contributed by atoms with E-state index in [2.05, 4.69) is 30.5 Å². The summed E-state index contributed by atoms with van der Waals surface area (Å²) in [7, 11) is 1.66. The molecule has 10 nitrogen and oxygen atoms in total. The summed E-state index contributed by atoms with van der Waals surface area (Å²) in [5, 5.41) is 17.0. The normalized spacial score (nSPS) is 23.6. The van der Waals surface area contributed by atoms with Gasteiger partial charge in [0.1, 0.15) is 11.9 Å². The Morgan fingerprint density at radius 2 is 2.00 bits per heavy atom. The van der Waals surface area contributed by atoms with Gasteiger partial charge in [0, 0.05) is 48.5 Å². The third-order valence-electron chi connectivity index (χ3n) is 7.67. The zero-order valence-corrected chi connectivity index (χ0v) is 21.1. The second kappa shape index (κ2) is 10.1. The first-order valence-corrected chi connectivity index (χ1v) is 12.6. The number of nitrogens with zero attached hydrogens (tertiary/aromatic N) is 4. The van der Waals surface area contributed by atoms with Gasteiger partial charge in [-0.25, -0.2) is 14.4 Å². The Hall–Kier alpha value is -3.57. The lowest BCUT2D eigenvalue weighted by Gasteiger charge is -2.33. The third kappa shape index (κ3) is 4.53. The second-order valence-corrected chi connectivity index (χ2v) is 9.86. The molecule has 2 saturated heterocycles. The number of likely N-dealkylation sites (tertiary alicyclic amines) is 1. The number of hydrogen-bond acceptors (Lipinski definition) is 7. The summed E-state index contributed by atoms with van der Waals surface area (Å²) in [5.74, 6) is -0.553. The number of aromatic amines is 1. The summed E-state index contributed by atoms with van der Waals surface area (Å²) in [4.78, 5) is 42.5. The molecule has 2 amide bonds. The minimum Gasteiger partial charge on any atom is -0.391 e. The number of aliphatic hydroxyl groups excluding tert-OH is 1. The van der Waals surface area contributed by atoms with Crippen LogP contribution in [0.4, 0.5) is 10.3 Å². The monoisotopic (exact) mass is 509 g/mol. The number of rotatable bonds is 7. The molecule has 4 N–H and O–H groups in total. The molecule has 0 spiro atoms. The van der Waals surface area contributed by atoms with E-state index < -0.39 is 18.2 Å². The van der Waals surface area contributed by atoms with Crippen molar-refractivity contribution in [1.29, 1.82) is 0 Å². The minimum absolute atomic E-state index is 0.0525. The summed E-state index contributed by atoms with van der Waals surface area (Å²) in [6.45, 7) is 4.22. The summed E-state index contributed by atoms with van der Waals surface area (Å²) in [6, 6.07) is 4.51. The molecule has 37 heavy (non-hydrogen) atoms. The van der Waals surface area contributed by atoms with Gasteiger partial charge in [0.2, 0.25) is 17.8 Å². The fourth-order valence-electron chi connectivity index (χ4n) is 5.69. The number of aliphatic hydroxyl groups is 1. The van der Waals surface area contributed by atoms with E-state index >= 15 is 0 Å². The number of hydrogen-bond donors (Lipinski definition) is 4. The average Bonchev–Trinajstić information content (AvgIpc) is 3.60. The van der Waals surface area contributed by atoms with Gasteiger partial charge in [-0.3, -0.25) is 9.59 Å². The zero-order valence-electron chi connectivity index (χ0n) is 21.1. The van der Waals surface area contributed by atoms with Crippen molar-refractivity contribution in [3.63, 3.8) is 0 Å². The fourth-order valence-corrected chi connectivity index (χ4v) is 5.69. The standard InChI is InChI=1S/C26H32FN7O3/c1-14(28-3)24(36)32-22(15(2)35)25(37)33-10-7-21-23(33)19(13-34(21)26-29-8-4-9-30-26)18-12-31-20-11-16(27)5-6-17(18)20/h4-6,8-9,11-12,14-15,19,21-23,28,31,35H,7,10,13H2,1-3H3,(H,32,36). The molecule has 2 aromatic heterocycles. The Morgan fingerprint density at radius 3 is 2.70 bits per heavy atom. The van der Waals surface area contributed by atoms with Crippen LogP contribution in [-0.2, 0) is 9.59 Å². The molecule has 2 aliphatic heterocycles. The Bertz CT molecular complexity index is 1280. The first-order valence-electron chi connectivity index (χ1n) is 12.6. The van der Waals surface area contributed by atoms with E-state index in [0.717, 1.165) is 10.9 Å². The van der Waals surface area contributed by atoms with Crippen molar-refractivity contribution < 1.29 is 19.1 Å². The second-order valence-electron chi connectivity index (χ2n) is 9.86. The third-order valence-corrected chi connectivity index (χ3v) is 7.67. The summed E-state index contributed by atoms with van der Waals surface area (Å²) in [5.41, 5.74) is 1.66. The zero-order chi connectivity index (χ0) is 26.3. The molecule has 2 aliphatic rings. The lowest BCUT2D eigenvalue weighted by molar-refractivity contribution is -0.140. The van der Waals surface area contributed by atoms with E-state index in [9.17, 15) is 19.1 Å². The number of fused-ring (bicyclic) bond motifs is 2. The highest BCUT2D eigenvalue weighted by atomic mass is 19.1. The maximum Gasteiger partial charge on any atom is 0.248 e. The van der Waals surface area contributed by atoms with E-state index in [1.165, 1.54) is 19.1 Å². The quantitative estimate of drug-likeness (QED) is 0.376. The largest absolute Gasteiger partial charge is 0.391 e. The average molecular weight is 510 g/mol. The highest BCUT2D eigenvalue weighted by molar-refractivity contribution is 5.91. The Morgan fingerprint density at radius 1 is 1.24 bits per heavy atom. The van der Waals surface area contributed by atoms with Crippen LogP contribution in [0.5, 0.6) is 0 Å². The molecular formula is C26H32FN7O3. The van der Waals surface area contributed by atoms with E-state index in [1.807, 2.05) is 6.20 Å². The highest BCUT2D eigenvalue weighted by Crippen LogP contribution is 2.44. The maximum absolute atomic E-state index is 13.9. The van der Waals surface area contributed by atoms with Crippen molar-refractivity contribution in [2.75, 3.05) is 25.0 Å². The van der Waals surface area contributed by atoms with Gasteiger partial charge in [-0.05, 0) is 57.1 Å². The van der Waals surface area contributed by atoms with E-state index in [1.54, 1.807) is 43.4 Å². The Kier molecular flexibility index (Phi) is 6.82. The van der Waals surface area contributed by atoms with Gasteiger partial charge in [0.05, 0.1) is 24.2 Å². The van der Waals surface area contributed by atoms with E-state index in [0.29, 0.717) is 31.0 Å². The van der Waals surface area contributed by atoms with Crippen LogP contribution in [0.2, 0.25) is 0 Å². The first-order chi connectivity index (χ1) is 17.8. The van der Waals surface area contributed by atoms with Crippen molar-refractivity contribution >= 4 is 28.7 Å². The number of carbonyl (C=O) groups is 2. The molecule has 6 atom stereocenters. The van der Waals surface area contributed by atoms with Gasteiger partial charge < -0.3 is 30.5 Å². The van der Waals surface area contributed by atoms with Crippen LogP contribution in [-0.4, -0.2) is 87.2 Å². The number of carbonyl (C=O) groups excluding carboxylic acids is 2. The number of benzene rings is 1. The topological polar surface area (TPSA) is 126 Å². The summed E-state index contributed by atoms with van der Waals surface area (Å²) >= 11 is 0. The number of nitrogens with one attached hydrogen (secondary N) is 3. The number of aromatic nitrogens is 3. The fraction of sp³-hybridized carbons (Fsp3) is 0.462. The Balaban J connectivity index is 1.51. The van der Waals surface area contributed by atoms with Gasteiger partial charge in [0.25, 0.3) is 0 Å². The molecule has 4 heterocycles. The molecular weight excluding hydrogens is 477 g/mol. The van der Waals surface area contributed by atoms with Gasteiger partial charge in [0.15, 0.2) is 0 Å². The van der Waals surface area contributed by atoms with Crippen molar-refractivity contribution in [3.8, 4) is 0 Å². The predicted octanol–water partition coefficient (Wildman–Crippen LogP) is 1.14. The molecule has 2 fully saturated rings. The van der Waals surface area contributed by atoms with Gasteiger partial charge in [-0.1, -0.05) is 0 Å². The summed E-state index contributed by atoms with van der Waals surface area (Å²) in [6.07, 6.45) is 4.88. The van der Waals surface area contributed by atoms with Crippen molar-refractivity contribution in [1.82, 2.24) is 30.5 Å². The molecule has 196 valence electrons. The number of amides is 2. The van der Waals surface area contributed by atoms with E-state index in [4.69, 9.17) is 0 Å². The number of halogens is 1. The van der Waals surface area contributed by atoms with Crippen molar-refractivity contribution in [2.45, 2.75) is 56.5 Å². The number of H-pyrrole nitrogens is 1. The van der Waals surface area contributed by atoms with Crippen LogP contribution >= 0.6 is 0 Å². The van der Waals surface area contributed by atoms with E-state index in [-0.39, 0.29) is 35.6 Å². The van der Waals surface area contributed by atoms with Gasteiger partial charge in [-0.15, -0.1) is 0 Å². The van der Waals surface area contributed by atoms with Gasteiger partial charge >= 0.3 is 0 Å². The smallest absolute Gasteiger partial charge is 0.248 e. The van der Waals surface area contributed by atoms with Crippen LogP contribution in [0.3, 0.4) is 0 Å². The highest BCUT2D eigenvalue weighted by Gasteiger charge is 2.53. The summed E-state index contributed by atoms with van der Waals surface area (Å²) < 4.78 is 13.9. The Labute approximate surface area is 214 Å². The van der Waals surface area contributed by atoms with Crippen LogP contribution in [0.1, 0.15) is 31.7 Å². The molecule has 0 aliphatic carbocycles. The van der Waals surface area contributed by atoms with Crippen LogP contribution in [0, 0.1) is 5.82 Å². The minimum atomic E-state index is -1.08. The molecule has 11 heteroatoms. The molecule has 3 aromatic rings. The molecule has 0 saturated carbocycles. The molecule has 1 aromatic carbocycles. The van der Waals surface area contributed by atoms with Crippen LogP contribution in [0.25, 0.3) is 10.9 Å². The van der Waals surface area contributed by atoms with Gasteiger partial charge in [-0.2, -0.15) is 0 Å². The maximum atomic E-state index is 13.9. The molecule has 5 rings (SSSR count). The number of anilines is 1. The molecule has 0 radical (unpaired) electrons. The van der Waals surface area contributed by atoms with Crippen LogP contribution in [0.15, 0.2) is 42.9 Å². The predicted molar refractivity (Wildman–Crippen MR) is 136 cm³/mol. The SMILES string of the molecule is CNC(C)C(=O)NC(C(=O)N1CCC2C1C(c1c[nH]c3cc(F)ccc13)CN2c1ncccn1)C(C)O. The van der Waals surface area contributed by atoms with Crippen LogP contribution < -0.4 is 15.5 Å². The van der Waals surface area contributed by atoms with Crippen molar-refractivity contribution in [3.05, 3.63) is 54.2 Å². The van der Waals surface area contributed by atoms with Crippen molar-refractivity contribution in [2.24, 2.45) is 0 Å². The lowest BCUT2D eigenvalue weighted by Crippen LogP contribution is -2.58. The lowest BCUT2D eigenvalue weighted by atomic mass is 9.91.